The zero-order valence-electron chi connectivity index (χ0n) is 24.2. The number of carbonyl (C=O) groups is 3. The van der Waals surface area contributed by atoms with Gasteiger partial charge < -0.3 is 29.1 Å². The Kier molecular flexibility index (Phi) is 8.73. The lowest BCUT2D eigenvalue weighted by Crippen LogP contribution is -2.47. The number of rotatable bonds is 7. The molecule has 0 spiro atoms. The molecule has 1 fully saturated rings. The monoisotopic (exact) mass is 552 g/mol. The summed E-state index contributed by atoms with van der Waals surface area (Å²) in [6.45, 7) is 9.19. The van der Waals surface area contributed by atoms with Gasteiger partial charge in [-0.05, 0) is 43.4 Å². The summed E-state index contributed by atoms with van der Waals surface area (Å²) in [4.78, 5) is 42.6. The maximum absolute atomic E-state index is 14.2. The van der Waals surface area contributed by atoms with Crippen LogP contribution in [0.25, 0.3) is 0 Å². The van der Waals surface area contributed by atoms with E-state index in [-0.39, 0.29) is 30.2 Å². The molecule has 0 saturated carbocycles. The van der Waals surface area contributed by atoms with Gasteiger partial charge in [0.15, 0.2) is 0 Å². The van der Waals surface area contributed by atoms with Gasteiger partial charge >= 0.3 is 5.97 Å². The second kappa shape index (κ2) is 11.9. The van der Waals surface area contributed by atoms with E-state index in [0.717, 1.165) is 16.8 Å². The molecule has 216 valence electrons. The van der Waals surface area contributed by atoms with Crippen molar-refractivity contribution in [1.82, 2.24) is 4.90 Å². The molecule has 0 radical (unpaired) electrons. The number of ether oxygens (including phenoxy) is 3. The molecule has 2 amide bonds. The van der Waals surface area contributed by atoms with Crippen LogP contribution in [0.5, 0.6) is 11.5 Å². The number of methoxy groups -OCH3 is 2. The van der Waals surface area contributed by atoms with Crippen molar-refractivity contribution in [2.45, 2.75) is 59.2 Å². The summed E-state index contributed by atoms with van der Waals surface area (Å²) in [6.07, 6.45) is -0.825. The molecule has 40 heavy (non-hydrogen) atoms. The highest BCUT2D eigenvalue weighted by Crippen LogP contribution is 2.43. The van der Waals surface area contributed by atoms with Crippen LogP contribution in [0.15, 0.2) is 36.4 Å². The Morgan fingerprint density at radius 2 is 1.82 bits per heavy atom. The van der Waals surface area contributed by atoms with E-state index in [0.29, 0.717) is 43.0 Å². The Bertz CT molecular complexity index is 1270. The molecule has 0 bridgehead atoms. The van der Waals surface area contributed by atoms with Crippen molar-refractivity contribution in [2.75, 3.05) is 38.8 Å². The molecule has 0 aliphatic carbocycles. The van der Waals surface area contributed by atoms with Gasteiger partial charge in [-0.15, -0.1) is 0 Å². The molecule has 0 aromatic heterocycles. The molecule has 1 unspecified atom stereocenters. The number of carboxylic acids is 1. The van der Waals surface area contributed by atoms with Crippen LogP contribution in [0.4, 0.5) is 5.69 Å². The summed E-state index contributed by atoms with van der Waals surface area (Å²) in [6, 6.07) is 11.4. The SMILES string of the molecule is COc1ccc([C@@H]2O[C@@H](CC(=O)N3CCCC(C(=O)O)C3)C(=O)N(CC(C)(C)C)c3ccc(C)cc32)c(OC)c1. The van der Waals surface area contributed by atoms with E-state index < -0.39 is 24.1 Å². The minimum Gasteiger partial charge on any atom is -0.497 e. The van der Waals surface area contributed by atoms with E-state index in [1.165, 1.54) is 0 Å². The fourth-order valence-electron chi connectivity index (χ4n) is 5.46. The molecule has 4 rings (SSSR count). The van der Waals surface area contributed by atoms with E-state index in [1.54, 1.807) is 30.1 Å². The average Bonchev–Trinajstić information content (AvgIpc) is 3.02. The van der Waals surface area contributed by atoms with Gasteiger partial charge in [-0.3, -0.25) is 14.4 Å². The number of fused-ring (bicyclic) bond motifs is 1. The van der Waals surface area contributed by atoms with Crippen LogP contribution in [0, 0.1) is 18.3 Å². The van der Waals surface area contributed by atoms with Gasteiger partial charge in [-0.1, -0.05) is 38.5 Å². The molecular formula is C31H40N2O7. The first-order valence-electron chi connectivity index (χ1n) is 13.7. The molecule has 2 aliphatic rings. The number of piperidine rings is 1. The van der Waals surface area contributed by atoms with Crippen molar-refractivity contribution in [2.24, 2.45) is 11.3 Å². The Labute approximate surface area is 236 Å². The maximum atomic E-state index is 14.2. The third-order valence-electron chi connectivity index (χ3n) is 7.44. The molecule has 1 saturated heterocycles. The van der Waals surface area contributed by atoms with Gasteiger partial charge in [0.25, 0.3) is 5.91 Å². The standard InChI is InChI=1S/C31H40N2O7/c1-19-9-12-24-23(14-19)28(22-11-10-21(38-5)15-25(22)39-6)40-26(29(35)33(24)18-31(2,3)4)16-27(34)32-13-7-8-20(17-32)30(36)37/h9-12,14-15,20,26,28H,7-8,13,16-18H2,1-6H3,(H,36,37)/t20?,26-,28-/m0/s1. The van der Waals surface area contributed by atoms with Gasteiger partial charge in [-0.2, -0.15) is 0 Å². The maximum Gasteiger partial charge on any atom is 0.308 e. The van der Waals surface area contributed by atoms with E-state index in [4.69, 9.17) is 14.2 Å². The van der Waals surface area contributed by atoms with Gasteiger partial charge in [-0.25, -0.2) is 0 Å². The summed E-state index contributed by atoms with van der Waals surface area (Å²) in [5.41, 5.74) is 3.02. The highest BCUT2D eigenvalue weighted by Gasteiger charge is 2.41. The molecule has 1 N–H and O–H groups in total. The molecule has 2 aromatic rings. The minimum absolute atomic E-state index is 0.135. The molecule has 2 aliphatic heterocycles. The molecule has 3 atom stereocenters. The highest BCUT2D eigenvalue weighted by molar-refractivity contribution is 6.00. The third kappa shape index (κ3) is 6.41. The molecule has 9 nitrogen and oxygen atoms in total. The number of hydrogen-bond acceptors (Lipinski definition) is 6. The van der Waals surface area contributed by atoms with E-state index in [2.05, 4.69) is 20.8 Å². The number of carboxylic acid groups (broad SMARTS) is 1. The normalized spacial score (nSPS) is 21.4. The number of anilines is 1. The second-order valence-electron chi connectivity index (χ2n) is 11.9. The number of amides is 2. The van der Waals surface area contributed by atoms with Crippen LogP contribution in [-0.2, 0) is 19.1 Å². The summed E-state index contributed by atoms with van der Waals surface area (Å²) >= 11 is 0. The smallest absolute Gasteiger partial charge is 0.308 e. The fraction of sp³-hybridized carbons (Fsp3) is 0.516. The van der Waals surface area contributed by atoms with Crippen LogP contribution in [-0.4, -0.2) is 67.7 Å². The number of carbonyl (C=O) groups excluding carboxylic acids is 2. The second-order valence-corrected chi connectivity index (χ2v) is 11.9. The predicted octanol–water partition coefficient (Wildman–Crippen LogP) is 4.59. The van der Waals surface area contributed by atoms with Crippen molar-refractivity contribution < 1.29 is 33.7 Å². The van der Waals surface area contributed by atoms with Crippen molar-refractivity contribution in [3.63, 3.8) is 0 Å². The van der Waals surface area contributed by atoms with Crippen LogP contribution < -0.4 is 14.4 Å². The third-order valence-corrected chi connectivity index (χ3v) is 7.44. The Morgan fingerprint density at radius 1 is 1.07 bits per heavy atom. The number of aliphatic carboxylic acids is 1. The molecule has 2 heterocycles. The minimum atomic E-state index is -1.08. The topological polar surface area (TPSA) is 106 Å². The zero-order valence-corrected chi connectivity index (χ0v) is 24.2. The lowest BCUT2D eigenvalue weighted by atomic mass is 9.93. The van der Waals surface area contributed by atoms with Crippen molar-refractivity contribution in [1.29, 1.82) is 0 Å². The van der Waals surface area contributed by atoms with E-state index in [1.807, 2.05) is 37.3 Å². The van der Waals surface area contributed by atoms with Gasteiger partial charge in [0.05, 0.1) is 26.6 Å². The quantitative estimate of drug-likeness (QED) is 0.536. The number of hydrogen-bond donors (Lipinski definition) is 1. The van der Waals surface area contributed by atoms with Gasteiger partial charge in [0.2, 0.25) is 5.91 Å². The average molecular weight is 553 g/mol. The highest BCUT2D eigenvalue weighted by atomic mass is 16.5. The Balaban J connectivity index is 1.79. The number of aryl methyl sites for hydroxylation is 1. The van der Waals surface area contributed by atoms with Crippen LogP contribution >= 0.6 is 0 Å². The molecular weight excluding hydrogens is 512 g/mol. The van der Waals surface area contributed by atoms with E-state index >= 15 is 0 Å². The number of likely N-dealkylation sites (tertiary alicyclic amines) is 1. The summed E-state index contributed by atoms with van der Waals surface area (Å²) in [7, 11) is 3.15. The first-order chi connectivity index (χ1) is 18.9. The lowest BCUT2D eigenvalue weighted by molar-refractivity contribution is -0.148. The first kappa shape index (κ1) is 29.4. The zero-order chi connectivity index (χ0) is 29.2. The van der Waals surface area contributed by atoms with Gasteiger partial charge in [0.1, 0.15) is 23.7 Å². The van der Waals surface area contributed by atoms with E-state index in [9.17, 15) is 19.5 Å². The number of nitrogens with zero attached hydrogens (tertiary/aromatic N) is 2. The number of benzene rings is 2. The summed E-state index contributed by atoms with van der Waals surface area (Å²) < 4.78 is 17.7. The van der Waals surface area contributed by atoms with Crippen molar-refractivity contribution in [3.05, 3.63) is 53.1 Å². The largest absolute Gasteiger partial charge is 0.497 e. The molecule has 9 heteroatoms. The summed E-state index contributed by atoms with van der Waals surface area (Å²) in [5, 5.41) is 9.51. The summed E-state index contributed by atoms with van der Waals surface area (Å²) in [5.74, 6) is -0.942. The molecule has 2 aromatic carbocycles. The van der Waals surface area contributed by atoms with Crippen molar-refractivity contribution >= 4 is 23.5 Å². The van der Waals surface area contributed by atoms with Crippen LogP contribution in [0.3, 0.4) is 0 Å². The Hall–Kier alpha value is -3.59. The Morgan fingerprint density at radius 3 is 2.48 bits per heavy atom. The first-order valence-corrected chi connectivity index (χ1v) is 13.7. The van der Waals surface area contributed by atoms with Crippen molar-refractivity contribution in [3.8, 4) is 11.5 Å². The lowest BCUT2D eigenvalue weighted by Gasteiger charge is -2.33. The van der Waals surface area contributed by atoms with Crippen LogP contribution in [0.1, 0.15) is 62.8 Å². The van der Waals surface area contributed by atoms with Gasteiger partial charge in [0, 0.05) is 42.5 Å². The van der Waals surface area contributed by atoms with Crippen LogP contribution in [0.2, 0.25) is 0 Å². The fourth-order valence-corrected chi connectivity index (χ4v) is 5.46. The predicted molar refractivity (Wildman–Crippen MR) is 151 cm³/mol.